The highest BCUT2D eigenvalue weighted by molar-refractivity contribution is 7.89. The summed E-state index contributed by atoms with van der Waals surface area (Å²) in [5.41, 5.74) is 0.779. The van der Waals surface area contributed by atoms with Crippen molar-refractivity contribution in [3.8, 4) is 0 Å². The molecule has 1 aromatic rings. The Balaban J connectivity index is 2.42. The van der Waals surface area contributed by atoms with E-state index in [4.69, 9.17) is 0 Å². The van der Waals surface area contributed by atoms with Crippen LogP contribution in [0.3, 0.4) is 0 Å². The summed E-state index contributed by atoms with van der Waals surface area (Å²) in [6.07, 6.45) is 0.378. The highest BCUT2D eigenvalue weighted by atomic mass is 32.2. The highest BCUT2D eigenvalue weighted by Crippen LogP contribution is 2.13. The third-order valence-electron chi connectivity index (χ3n) is 2.82. The van der Waals surface area contributed by atoms with Gasteiger partial charge < -0.3 is 10.6 Å². The molecule has 0 aromatic heterocycles. The van der Waals surface area contributed by atoms with Crippen LogP contribution in [0.1, 0.15) is 20.3 Å². The number of nitrogens with one attached hydrogen (secondary N) is 3. The maximum Gasteiger partial charge on any atom is 0.240 e. The summed E-state index contributed by atoms with van der Waals surface area (Å²) in [7, 11) is -2.03. The number of rotatable bonds is 8. The predicted molar refractivity (Wildman–Crippen MR) is 83.6 cm³/mol. The lowest BCUT2D eigenvalue weighted by atomic mass is 10.2. The summed E-state index contributed by atoms with van der Waals surface area (Å²) in [4.78, 5) is 11.7. The first kappa shape index (κ1) is 17.5. The zero-order valence-electron chi connectivity index (χ0n) is 12.6. The molecule has 1 aromatic carbocycles. The second-order valence-electron chi connectivity index (χ2n) is 5.11. The van der Waals surface area contributed by atoms with Crippen molar-refractivity contribution in [3.63, 3.8) is 0 Å². The minimum atomic E-state index is -3.41. The van der Waals surface area contributed by atoms with E-state index in [-0.39, 0.29) is 10.8 Å². The molecule has 0 spiro atoms. The summed E-state index contributed by atoms with van der Waals surface area (Å²) in [6, 6.07) is 6.40. The number of hydrogen-bond acceptors (Lipinski definition) is 4. The fourth-order valence-corrected chi connectivity index (χ4v) is 2.33. The Bertz CT molecular complexity index is 553. The Hall–Kier alpha value is -1.60. The van der Waals surface area contributed by atoms with Gasteiger partial charge in [0.05, 0.1) is 4.90 Å². The fraction of sp³-hybridized carbons (Fsp3) is 0.500. The topological polar surface area (TPSA) is 87.3 Å². The van der Waals surface area contributed by atoms with E-state index >= 15 is 0 Å². The standard InChI is InChI=1S/C14H23N3O3S/c1-11(2)10-17-14(18)8-9-16-12-4-6-13(7-5-12)21(19,20)15-3/h4-7,11,15-16H,8-10H2,1-3H3,(H,17,18). The maximum atomic E-state index is 11.6. The highest BCUT2D eigenvalue weighted by Gasteiger charge is 2.10. The van der Waals surface area contributed by atoms with E-state index in [1.54, 1.807) is 12.1 Å². The molecule has 3 N–H and O–H groups in total. The van der Waals surface area contributed by atoms with Crippen molar-refractivity contribution in [2.75, 3.05) is 25.5 Å². The van der Waals surface area contributed by atoms with Crippen LogP contribution >= 0.6 is 0 Å². The number of amides is 1. The lowest BCUT2D eigenvalue weighted by Crippen LogP contribution is -2.28. The number of carbonyl (C=O) groups excluding carboxylic acids is 1. The van der Waals surface area contributed by atoms with Gasteiger partial charge in [0.2, 0.25) is 15.9 Å². The zero-order chi connectivity index (χ0) is 15.9. The molecule has 1 rings (SSSR count). The van der Waals surface area contributed by atoms with Crippen LogP contribution in [0, 0.1) is 5.92 Å². The third-order valence-corrected chi connectivity index (χ3v) is 4.25. The molecule has 0 saturated heterocycles. The van der Waals surface area contributed by atoms with Crippen LogP contribution in [0.25, 0.3) is 0 Å². The molecule has 0 atom stereocenters. The number of hydrogen-bond donors (Lipinski definition) is 3. The van der Waals surface area contributed by atoms with Crippen LogP contribution in [0.4, 0.5) is 5.69 Å². The van der Waals surface area contributed by atoms with Gasteiger partial charge in [0, 0.05) is 25.2 Å². The summed E-state index contributed by atoms with van der Waals surface area (Å²) in [5, 5.41) is 5.92. The molecule has 0 saturated carbocycles. The largest absolute Gasteiger partial charge is 0.385 e. The van der Waals surface area contributed by atoms with E-state index in [1.165, 1.54) is 19.2 Å². The van der Waals surface area contributed by atoms with Gasteiger partial charge >= 0.3 is 0 Å². The molecular weight excluding hydrogens is 290 g/mol. The van der Waals surface area contributed by atoms with E-state index in [0.29, 0.717) is 25.4 Å². The third kappa shape index (κ3) is 6.14. The quantitative estimate of drug-likeness (QED) is 0.672. The van der Waals surface area contributed by atoms with Crippen LogP contribution < -0.4 is 15.4 Å². The van der Waals surface area contributed by atoms with Gasteiger partial charge in [-0.3, -0.25) is 4.79 Å². The molecule has 7 heteroatoms. The first-order valence-electron chi connectivity index (χ1n) is 6.89. The summed E-state index contributed by atoms with van der Waals surface area (Å²) >= 11 is 0. The molecule has 0 heterocycles. The average Bonchev–Trinajstić information content (AvgIpc) is 2.45. The molecule has 1 amide bonds. The average molecular weight is 313 g/mol. The smallest absolute Gasteiger partial charge is 0.240 e. The van der Waals surface area contributed by atoms with Crippen LogP contribution in [-0.2, 0) is 14.8 Å². The van der Waals surface area contributed by atoms with Crippen molar-refractivity contribution in [2.24, 2.45) is 5.92 Å². The number of carbonyl (C=O) groups is 1. The van der Waals surface area contributed by atoms with Crippen molar-refractivity contribution in [1.29, 1.82) is 0 Å². The van der Waals surface area contributed by atoms with E-state index in [0.717, 1.165) is 5.69 Å². The van der Waals surface area contributed by atoms with Gasteiger partial charge in [-0.1, -0.05) is 13.8 Å². The SMILES string of the molecule is CNS(=O)(=O)c1ccc(NCCC(=O)NCC(C)C)cc1. The van der Waals surface area contributed by atoms with Gasteiger partial charge in [-0.05, 0) is 37.2 Å². The molecule has 0 radical (unpaired) electrons. The predicted octanol–water partition coefficient (Wildman–Crippen LogP) is 1.17. The van der Waals surface area contributed by atoms with Crippen LogP contribution in [0.2, 0.25) is 0 Å². The minimum Gasteiger partial charge on any atom is -0.385 e. The van der Waals surface area contributed by atoms with Gasteiger partial charge in [0.1, 0.15) is 0 Å². The number of anilines is 1. The van der Waals surface area contributed by atoms with Crippen LogP contribution in [0.5, 0.6) is 0 Å². The molecule has 0 fully saturated rings. The van der Waals surface area contributed by atoms with E-state index in [1.807, 2.05) is 13.8 Å². The van der Waals surface area contributed by atoms with E-state index in [9.17, 15) is 13.2 Å². The molecule has 0 aliphatic rings. The van der Waals surface area contributed by atoms with E-state index in [2.05, 4.69) is 15.4 Å². The Morgan fingerprint density at radius 3 is 2.33 bits per heavy atom. The minimum absolute atomic E-state index is 0.00517. The normalized spacial score (nSPS) is 11.4. The van der Waals surface area contributed by atoms with Gasteiger partial charge in [-0.2, -0.15) is 0 Å². The van der Waals surface area contributed by atoms with Crippen molar-refractivity contribution >= 4 is 21.6 Å². The molecule has 0 aliphatic carbocycles. The van der Waals surface area contributed by atoms with Crippen molar-refractivity contribution in [3.05, 3.63) is 24.3 Å². The Kier molecular flexibility index (Phi) is 6.64. The Labute approximate surface area is 126 Å². The first-order chi connectivity index (χ1) is 9.85. The lowest BCUT2D eigenvalue weighted by Gasteiger charge is -2.09. The second-order valence-corrected chi connectivity index (χ2v) is 6.99. The Morgan fingerprint density at radius 1 is 1.19 bits per heavy atom. The molecule has 21 heavy (non-hydrogen) atoms. The number of sulfonamides is 1. The monoisotopic (exact) mass is 313 g/mol. The van der Waals surface area contributed by atoms with Gasteiger partial charge in [0.15, 0.2) is 0 Å². The lowest BCUT2D eigenvalue weighted by molar-refractivity contribution is -0.120. The Morgan fingerprint density at radius 2 is 1.81 bits per heavy atom. The van der Waals surface area contributed by atoms with Crippen LogP contribution in [0.15, 0.2) is 29.2 Å². The fourth-order valence-electron chi connectivity index (χ4n) is 1.60. The van der Waals surface area contributed by atoms with Crippen LogP contribution in [-0.4, -0.2) is 34.5 Å². The van der Waals surface area contributed by atoms with Gasteiger partial charge in [-0.15, -0.1) is 0 Å². The van der Waals surface area contributed by atoms with Gasteiger partial charge in [-0.25, -0.2) is 13.1 Å². The van der Waals surface area contributed by atoms with Crippen molar-refractivity contribution in [2.45, 2.75) is 25.2 Å². The van der Waals surface area contributed by atoms with Crippen molar-refractivity contribution < 1.29 is 13.2 Å². The van der Waals surface area contributed by atoms with Crippen molar-refractivity contribution in [1.82, 2.24) is 10.0 Å². The molecular formula is C14H23N3O3S. The van der Waals surface area contributed by atoms with Gasteiger partial charge in [0.25, 0.3) is 0 Å². The molecule has 0 bridgehead atoms. The summed E-state index contributed by atoms with van der Waals surface area (Å²) in [6.45, 7) is 5.26. The maximum absolute atomic E-state index is 11.6. The molecule has 0 aliphatic heterocycles. The second kappa shape index (κ2) is 7.99. The molecule has 0 unspecified atom stereocenters. The zero-order valence-corrected chi connectivity index (χ0v) is 13.5. The number of benzene rings is 1. The molecule has 118 valence electrons. The molecule has 6 nitrogen and oxygen atoms in total. The summed E-state index contributed by atoms with van der Waals surface area (Å²) in [5.74, 6) is 0.439. The summed E-state index contributed by atoms with van der Waals surface area (Å²) < 4.78 is 25.4. The van der Waals surface area contributed by atoms with E-state index < -0.39 is 10.0 Å². The first-order valence-corrected chi connectivity index (χ1v) is 8.37.